The Hall–Kier alpha value is -0.460. The summed E-state index contributed by atoms with van der Waals surface area (Å²) in [7, 11) is 1.67. The summed E-state index contributed by atoms with van der Waals surface area (Å²) in [5.74, 6) is 0. The molecule has 0 aliphatic heterocycles. The first-order valence-corrected chi connectivity index (χ1v) is 6.73. The van der Waals surface area contributed by atoms with Crippen molar-refractivity contribution in [3.8, 4) is 0 Å². The van der Waals surface area contributed by atoms with Gasteiger partial charge in [0.1, 0.15) is 0 Å². The lowest BCUT2D eigenvalue weighted by Gasteiger charge is -2.14. The first-order valence-electron chi connectivity index (χ1n) is 5.79. The zero-order chi connectivity index (χ0) is 12.3. The van der Waals surface area contributed by atoms with Gasteiger partial charge in [0.25, 0.3) is 0 Å². The minimum Gasteiger partial charge on any atom is -0.382 e. The lowest BCUT2D eigenvalue weighted by atomic mass is 10.2. The summed E-state index contributed by atoms with van der Waals surface area (Å²) >= 11 is 1.66. The Morgan fingerprint density at radius 2 is 2.18 bits per heavy atom. The summed E-state index contributed by atoms with van der Waals surface area (Å²) in [6, 6.07) is 2.05. The van der Waals surface area contributed by atoms with Crippen LogP contribution >= 0.6 is 11.3 Å². The van der Waals surface area contributed by atoms with Crippen molar-refractivity contribution in [1.29, 1.82) is 0 Å². The number of hydrogen-bond donors (Lipinski definition) is 1. The first-order chi connectivity index (χ1) is 8.38. The molecule has 0 saturated heterocycles. The van der Waals surface area contributed by atoms with Crippen molar-refractivity contribution >= 4 is 11.3 Å². The van der Waals surface area contributed by atoms with Crippen LogP contribution in [-0.4, -0.2) is 40.1 Å². The molecule has 1 unspecified atom stereocenters. The maximum absolute atomic E-state index is 5.71. The molecule has 0 aliphatic rings. The lowest BCUT2D eigenvalue weighted by Crippen LogP contribution is -2.16. The zero-order valence-electron chi connectivity index (χ0n) is 10.3. The maximum atomic E-state index is 5.71. The molecule has 0 radical (unpaired) electrons. The molecule has 1 aromatic heterocycles. The molecule has 98 valence electrons. The molecule has 1 atom stereocenters. The van der Waals surface area contributed by atoms with E-state index in [1.165, 1.54) is 0 Å². The van der Waals surface area contributed by atoms with Gasteiger partial charge in [-0.2, -0.15) is 11.3 Å². The summed E-state index contributed by atoms with van der Waals surface area (Å²) in [5.41, 5.74) is 6.84. The van der Waals surface area contributed by atoms with E-state index in [-0.39, 0.29) is 6.10 Å². The van der Waals surface area contributed by atoms with E-state index in [1.54, 1.807) is 18.4 Å². The highest BCUT2D eigenvalue weighted by Gasteiger charge is 2.09. The number of ether oxygens (including phenoxy) is 3. The van der Waals surface area contributed by atoms with Crippen molar-refractivity contribution in [2.45, 2.75) is 12.5 Å². The van der Waals surface area contributed by atoms with Crippen LogP contribution < -0.4 is 5.73 Å². The molecule has 17 heavy (non-hydrogen) atoms. The molecule has 0 aromatic carbocycles. The summed E-state index contributed by atoms with van der Waals surface area (Å²) in [6.45, 7) is 3.17. The summed E-state index contributed by atoms with van der Waals surface area (Å²) in [6.07, 6.45) is 0.893. The molecule has 0 spiro atoms. The van der Waals surface area contributed by atoms with Gasteiger partial charge in [0.05, 0.1) is 19.3 Å². The molecule has 0 aliphatic carbocycles. The fourth-order valence-electron chi connectivity index (χ4n) is 1.39. The molecule has 1 aromatic rings. The molecule has 1 rings (SSSR count). The van der Waals surface area contributed by atoms with Gasteiger partial charge in [-0.05, 0) is 28.8 Å². The quantitative estimate of drug-likeness (QED) is 0.651. The third kappa shape index (κ3) is 6.14. The molecule has 1 heterocycles. The van der Waals surface area contributed by atoms with E-state index in [0.717, 1.165) is 12.0 Å². The Morgan fingerprint density at radius 3 is 2.82 bits per heavy atom. The Kier molecular flexibility index (Phi) is 8.21. The number of thiophene rings is 1. The van der Waals surface area contributed by atoms with Crippen LogP contribution in [0, 0.1) is 0 Å². The van der Waals surface area contributed by atoms with E-state index >= 15 is 0 Å². The minimum atomic E-state index is 0.0141. The first kappa shape index (κ1) is 14.6. The van der Waals surface area contributed by atoms with Crippen molar-refractivity contribution in [2.75, 3.05) is 40.1 Å². The van der Waals surface area contributed by atoms with Crippen LogP contribution in [0.4, 0.5) is 0 Å². The highest BCUT2D eigenvalue weighted by molar-refractivity contribution is 7.07. The van der Waals surface area contributed by atoms with E-state index in [4.69, 9.17) is 19.9 Å². The minimum absolute atomic E-state index is 0.0141. The molecule has 0 fully saturated rings. The van der Waals surface area contributed by atoms with Crippen LogP contribution in [0.5, 0.6) is 0 Å². The average Bonchev–Trinajstić information content (AvgIpc) is 2.86. The van der Waals surface area contributed by atoms with Gasteiger partial charge < -0.3 is 19.9 Å². The molecular formula is C12H21NO3S. The van der Waals surface area contributed by atoms with E-state index in [1.807, 2.05) is 5.38 Å². The molecule has 0 amide bonds. The summed E-state index contributed by atoms with van der Waals surface area (Å²) in [4.78, 5) is 0. The molecule has 0 bridgehead atoms. The Morgan fingerprint density at radius 1 is 1.29 bits per heavy atom. The monoisotopic (exact) mass is 259 g/mol. The second kappa shape index (κ2) is 9.56. The van der Waals surface area contributed by atoms with Gasteiger partial charge in [-0.1, -0.05) is 0 Å². The largest absolute Gasteiger partial charge is 0.382 e. The van der Waals surface area contributed by atoms with Crippen molar-refractivity contribution in [3.05, 3.63) is 22.4 Å². The highest BCUT2D eigenvalue weighted by atomic mass is 32.1. The van der Waals surface area contributed by atoms with Crippen LogP contribution in [0.2, 0.25) is 0 Å². The lowest BCUT2D eigenvalue weighted by molar-refractivity contribution is 0.0263. The average molecular weight is 259 g/mol. The fourth-order valence-corrected chi connectivity index (χ4v) is 2.09. The Bertz CT molecular complexity index is 267. The SMILES string of the molecule is COCCOCCCOC(CN)c1ccsc1. The molecule has 2 N–H and O–H groups in total. The third-order valence-electron chi connectivity index (χ3n) is 2.31. The van der Waals surface area contributed by atoms with Gasteiger partial charge in [0.2, 0.25) is 0 Å². The van der Waals surface area contributed by atoms with Crippen molar-refractivity contribution < 1.29 is 14.2 Å². The van der Waals surface area contributed by atoms with Gasteiger partial charge in [0.15, 0.2) is 0 Å². The van der Waals surface area contributed by atoms with Crippen LogP contribution in [0.25, 0.3) is 0 Å². The van der Waals surface area contributed by atoms with E-state index in [2.05, 4.69) is 11.4 Å². The number of methoxy groups -OCH3 is 1. The highest BCUT2D eigenvalue weighted by Crippen LogP contribution is 2.18. The third-order valence-corrected chi connectivity index (χ3v) is 3.01. The van der Waals surface area contributed by atoms with Crippen LogP contribution in [0.3, 0.4) is 0 Å². The Balaban J connectivity index is 2.04. The summed E-state index contributed by atoms with van der Waals surface area (Å²) in [5, 5.41) is 4.11. The van der Waals surface area contributed by atoms with Crippen molar-refractivity contribution in [1.82, 2.24) is 0 Å². The van der Waals surface area contributed by atoms with Crippen LogP contribution in [0.15, 0.2) is 16.8 Å². The molecule has 0 saturated carbocycles. The Labute approximate surface area is 107 Å². The predicted octanol–water partition coefficient (Wildman–Crippen LogP) is 1.82. The predicted molar refractivity (Wildman–Crippen MR) is 69.4 cm³/mol. The number of rotatable bonds is 10. The molecular weight excluding hydrogens is 238 g/mol. The normalized spacial score (nSPS) is 12.8. The second-order valence-electron chi connectivity index (χ2n) is 3.61. The van der Waals surface area contributed by atoms with Gasteiger partial charge in [0, 0.05) is 26.9 Å². The summed E-state index contributed by atoms with van der Waals surface area (Å²) < 4.78 is 15.9. The second-order valence-corrected chi connectivity index (χ2v) is 4.39. The van der Waals surface area contributed by atoms with Gasteiger partial charge in [-0.25, -0.2) is 0 Å². The molecule has 5 heteroatoms. The zero-order valence-corrected chi connectivity index (χ0v) is 11.1. The van der Waals surface area contributed by atoms with Gasteiger partial charge >= 0.3 is 0 Å². The van der Waals surface area contributed by atoms with Crippen LogP contribution in [-0.2, 0) is 14.2 Å². The van der Waals surface area contributed by atoms with E-state index in [9.17, 15) is 0 Å². The number of hydrogen-bond acceptors (Lipinski definition) is 5. The van der Waals surface area contributed by atoms with Gasteiger partial charge in [-0.3, -0.25) is 0 Å². The molecule has 4 nitrogen and oxygen atoms in total. The topological polar surface area (TPSA) is 53.7 Å². The van der Waals surface area contributed by atoms with E-state index in [0.29, 0.717) is 33.0 Å². The standard InChI is InChI=1S/C12H21NO3S/c1-14-6-7-15-4-2-5-16-12(9-13)11-3-8-17-10-11/h3,8,10,12H,2,4-7,9,13H2,1H3. The van der Waals surface area contributed by atoms with E-state index < -0.39 is 0 Å². The number of nitrogens with two attached hydrogens (primary N) is 1. The van der Waals surface area contributed by atoms with Crippen molar-refractivity contribution in [2.24, 2.45) is 5.73 Å². The van der Waals surface area contributed by atoms with Gasteiger partial charge in [-0.15, -0.1) is 0 Å². The van der Waals surface area contributed by atoms with Crippen LogP contribution in [0.1, 0.15) is 18.1 Å². The fraction of sp³-hybridized carbons (Fsp3) is 0.667. The van der Waals surface area contributed by atoms with Crippen molar-refractivity contribution in [3.63, 3.8) is 0 Å². The smallest absolute Gasteiger partial charge is 0.0955 e. The maximum Gasteiger partial charge on any atom is 0.0955 e.